The summed E-state index contributed by atoms with van der Waals surface area (Å²) in [6, 6.07) is 0. The van der Waals surface area contributed by atoms with Crippen molar-refractivity contribution < 1.29 is 28.5 Å². The Morgan fingerprint density at radius 1 is 0.833 bits per heavy atom. The summed E-state index contributed by atoms with van der Waals surface area (Å²) >= 11 is 0. The van der Waals surface area contributed by atoms with Crippen molar-refractivity contribution in [3.8, 4) is 0 Å². The topological polar surface area (TPSA) is 71.1 Å². The van der Waals surface area contributed by atoms with Gasteiger partial charge in [0, 0.05) is 14.2 Å². The van der Waals surface area contributed by atoms with Crippen LogP contribution in [0.25, 0.3) is 0 Å². The van der Waals surface area contributed by atoms with Crippen molar-refractivity contribution in [2.24, 2.45) is 0 Å². The Balaban J connectivity index is 3.92. The molecule has 0 rings (SSSR count). The van der Waals surface area contributed by atoms with Crippen molar-refractivity contribution in [3.63, 3.8) is 0 Å². The molecule has 0 aliphatic heterocycles. The first-order valence-electron chi connectivity index (χ1n) is 5.98. The van der Waals surface area contributed by atoms with Gasteiger partial charge in [-0.2, -0.15) is 0 Å². The van der Waals surface area contributed by atoms with Gasteiger partial charge in [0.05, 0.1) is 12.2 Å². The number of methoxy groups -OCH3 is 2. The SMILES string of the molecule is CCC(COC(=O)C(=O)OCC(CC)OC)OC. The van der Waals surface area contributed by atoms with E-state index in [4.69, 9.17) is 18.9 Å². The number of esters is 2. The van der Waals surface area contributed by atoms with Gasteiger partial charge in [-0.3, -0.25) is 0 Å². The lowest BCUT2D eigenvalue weighted by molar-refractivity contribution is -0.171. The first-order chi connectivity index (χ1) is 8.58. The highest BCUT2D eigenvalue weighted by molar-refractivity contribution is 6.29. The lowest BCUT2D eigenvalue weighted by atomic mass is 10.3. The standard InChI is InChI=1S/C12H22O6/c1-5-9(15-3)7-17-11(13)12(14)18-8-10(6-2)16-4/h9-10H,5-8H2,1-4H3. The Bertz CT molecular complexity index is 219. The van der Waals surface area contributed by atoms with Crippen molar-refractivity contribution in [3.05, 3.63) is 0 Å². The van der Waals surface area contributed by atoms with E-state index < -0.39 is 11.9 Å². The maximum atomic E-state index is 11.3. The van der Waals surface area contributed by atoms with E-state index in [1.165, 1.54) is 14.2 Å². The van der Waals surface area contributed by atoms with E-state index >= 15 is 0 Å². The monoisotopic (exact) mass is 262 g/mol. The fourth-order valence-corrected chi connectivity index (χ4v) is 1.16. The molecule has 0 saturated carbocycles. The zero-order valence-electron chi connectivity index (χ0n) is 11.4. The van der Waals surface area contributed by atoms with Crippen LogP contribution >= 0.6 is 0 Å². The molecule has 0 bridgehead atoms. The number of rotatable bonds is 8. The summed E-state index contributed by atoms with van der Waals surface area (Å²) in [7, 11) is 3.04. The van der Waals surface area contributed by atoms with Gasteiger partial charge in [-0.05, 0) is 12.8 Å². The van der Waals surface area contributed by atoms with E-state index in [-0.39, 0.29) is 25.4 Å². The minimum atomic E-state index is -1.00. The molecule has 0 fully saturated rings. The third-order valence-electron chi connectivity index (χ3n) is 2.54. The fourth-order valence-electron chi connectivity index (χ4n) is 1.16. The first-order valence-corrected chi connectivity index (χ1v) is 5.98. The molecule has 0 amide bonds. The van der Waals surface area contributed by atoms with Gasteiger partial charge in [0.1, 0.15) is 13.2 Å². The maximum absolute atomic E-state index is 11.3. The fraction of sp³-hybridized carbons (Fsp3) is 0.833. The second kappa shape index (κ2) is 9.85. The number of carbonyl (C=O) groups is 2. The van der Waals surface area contributed by atoms with E-state index in [0.29, 0.717) is 12.8 Å². The summed E-state index contributed by atoms with van der Waals surface area (Å²) in [5, 5.41) is 0. The molecule has 0 saturated heterocycles. The molecule has 0 spiro atoms. The zero-order chi connectivity index (χ0) is 14.0. The molecule has 0 N–H and O–H groups in total. The second-order valence-corrected chi connectivity index (χ2v) is 3.73. The Hall–Kier alpha value is -1.14. The van der Waals surface area contributed by atoms with E-state index in [1.54, 1.807) is 0 Å². The van der Waals surface area contributed by atoms with Gasteiger partial charge >= 0.3 is 11.9 Å². The van der Waals surface area contributed by atoms with Crippen LogP contribution in [-0.4, -0.2) is 51.6 Å². The summed E-state index contributed by atoms with van der Waals surface area (Å²) in [6.45, 7) is 3.88. The largest absolute Gasteiger partial charge is 0.455 e. The normalized spacial score (nSPS) is 13.8. The molecule has 0 aromatic rings. The highest BCUT2D eigenvalue weighted by atomic mass is 16.6. The highest BCUT2D eigenvalue weighted by Crippen LogP contribution is 2.00. The number of ether oxygens (including phenoxy) is 4. The summed E-state index contributed by atoms with van der Waals surface area (Å²) < 4.78 is 19.6. The molecular formula is C12H22O6. The Kier molecular flexibility index (Phi) is 9.22. The van der Waals surface area contributed by atoms with E-state index in [9.17, 15) is 9.59 Å². The summed E-state index contributed by atoms with van der Waals surface area (Å²) in [5.74, 6) is -2.01. The van der Waals surface area contributed by atoms with E-state index in [2.05, 4.69) is 0 Å². The second-order valence-electron chi connectivity index (χ2n) is 3.73. The van der Waals surface area contributed by atoms with Crippen LogP contribution in [0, 0.1) is 0 Å². The zero-order valence-corrected chi connectivity index (χ0v) is 11.4. The first kappa shape index (κ1) is 16.9. The molecule has 0 heterocycles. The Labute approximate surface area is 108 Å². The van der Waals surface area contributed by atoms with Crippen LogP contribution in [0.2, 0.25) is 0 Å². The molecule has 2 atom stereocenters. The van der Waals surface area contributed by atoms with Gasteiger partial charge in [-0.15, -0.1) is 0 Å². The van der Waals surface area contributed by atoms with Crippen LogP contribution in [0.4, 0.5) is 0 Å². The van der Waals surface area contributed by atoms with Crippen molar-refractivity contribution >= 4 is 11.9 Å². The Morgan fingerprint density at radius 3 is 1.39 bits per heavy atom. The third-order valence-corrected chi connectivity index (χ3v) is 2.54. The van der Waals surface area contributed by atoms with Gasteiger partial charge in [0.2, 0.25) is 0 Å². The van der Waals surface area contributed by atoms with Crippen molar-refractivity contribution in [1.29, 1.82) is 0 Å². The highest BCUT2D eigenvalue weighted by Gasteiger charge is 2.20. The molecule has 0 aromatic carbocycles. The quantitative estimate of drug-likeness (QED) is 0.478. The molecule has 18 heavy (non-hydrogen) atoms. The van der Waals surface area contributed by atoms with Crippen LogP contribution in [0.15, 0.2) is 0 Å². The van der Waals surface area contributed by atoms with Gasteiger partial charge < -0.3 is 18.9 Å². The smallest absolute Gasteiger partial charge is 0.417 e. The van der Waals surface area contributed by atoms with Gasteiger partial charge in [-0.25, -0.2) is 9.59 Å². The molecule has 2 unspecified atom stereocenters. The molecule has 0 aromatic heterocycles. The van der Waals surface area contributed by atoms with Crippen molar-refractivity contribution in [2.45, 2.75) is 38.9 Å². The Morgan fingerprint density at radius 2 is 1.17 bits per heavy atom. The van der Waals surface area contributed by atoms with Gasteiger partial charge in [0.15, 0.2) is 0 Å². The maximum Gasteiger partial charge on any atom is 0.417 e. The molecule has 0 aliphatic carbocycles. The number of hydrogen-bond acceptors (Lipinski definition) is 6. The molecule has 6 nitrogen and oxygen atoms in total. The van der Waals surface area contributed by atoms with Crippen LogP contribution in [0.5, 0.6) is 0 Å². The van der Waals surface area contributed by atoms with Crippen LogP contribution < -0.4 is 0 Å². The molecule has 106 valence electrons. The van der Waals surface area contributed by atoms with Crippen molar-refractivity contribution in [1.82, 2.24) is 0 Å². The average molecular weight is 262 g/mol. The average Bonchev–Trinajstić information content (AvgIpc) is 2.40. The molecule has 0 radical (unpaired) electrons. The van der Waals surface area contributed by atoms with E-state index in [0.717, 1.165) is 0 Å². The third kappa shape index (κ3) is 6.56. The minimum absolute atomic E-state index is 0.0441. The lowest BCUT2D eigenvalue weighted by Crippen LogP contribution is -2.28. The summed E-state index contributed by atoms with van der Waals surface area (Å²) in [6.07, 6.45) is 0.981. The van der Waals surface area contributed by atoms with Crippen LogP contribution in [0.3, 0.4) is 0 Å². The summed E-state index contributed by atoms with van der Waals surface area (Å²) in [4.78, 5) is 22.6. The predicted octanol–water partition coefficient (Wildman–Crippen LogP) is 0.923. The minimum Gasteiger partial charge on any atom is -0.455 e. The molecule has 0 aliphatic rings. The van der Waals surface area contributed by atoms with Crippen LogP contribution in [0.1, 0.15) is 26.7 Å². The van der Waals surface area contributed by atoms with Crippen molar-refractivity contribution in [2.75, 3.05) is 27.4 Å². The molecule has 6 heteroatoms. The van der Waals surface area contributed by atoms with E-state index in [1.807, 2.05) is 13.8 Å². The predicted molar refractivity (Wildman–Crippen MR) is 64.1 cm³/mol. The number of carbonyl (C=O) groups excluding carboxylic acids is 2. The summed E-state index contributed by atoms with van der Waals surface area (Å²) in [5.41, 5.74) is 0. The lowest BCUT2D eigenvalue weighted by Gasteiger charge is -2.14. The van der Waals surface area contributed by atoms with Gasteiger partial charge in [0.25, 0.3) is 0 Å². The van der Waals surface area contributed by atoms with Crippen LogP contribution in [-0.2, 0) is 28.5 Å². The van der Waals surface area contributed by atoms with Gasteiger partial charge in [-0.1, -0.05) is 13.8 Å². The number of hydrogen-bond donors (Lipinski definition) is 0. The molecular weight excluding hydrogens is 240 g/mol.